The lowest BCUT2D eigenvalue weighted by Crippen LogP contribution is -2.51. The molecule has 1 aliphatic rings. The number of hydrogen-bond donors (Lipinski definition) is 5. The van der Waals surface area contributed by atoms with Crippen molar-refractivity contribution in [3.63, 3.8) is 0 Å². The summed E-state index contributed by atoms with van der Waals surface area (Å²) < 4.78 is 0. The van der Waals surface area contributed by atoms with E-state index in [1.54, 1.807) is 24.3 Å². The molecule has 0 radical (unpaired) electrons. The highest BCUT2D eigenvalue weighted by molar-refractivity contribution is 5.97. The first kappa shape index (κ1) is 28.1. The summed E-state index contributed by atoms with van der Waals surface area (Å²) in [5.74, 6) is 4.79. The van der Waals surface area contributed by atoms with Crippen LogP contribution in [-0.4, -0.2) is 40.3 Å². The van der Waals surface area contributed by atoms with Crippen LogP contribution in [0, 0.1) is 11.8 Å². The Morgan fingerprint density at radius 2 is 1.49 bits per heavy atom. The van der Waals surface area contributed by atoms with Crippen molar-refractivity contribution in [3.05, 3.63) is 70.8 Å². The predicted molar refractivity (Wildman–Crippen MR) is 137 cm³/mol. The van der Waals surface area contributed by atoms with Gasteiger partial charge in [-0.2, -0.15) is 0 Å². The number of rotatable bonds is 7. The van der Waals surface area contributed by atoms with Crippen LogP contribution >= 0.6 is 0 Å². The third-order valence-corrected chi connectivity index (χ3v) is 6.06. The highest BCUT2D eigenvalue weighted by Crippen LogP contribution is 2.17. The van der Waals surface area contributed by atoms with Crippen LogP contribution in [0.4, 0.5) is 0 Å². The third-order valence-electron chi connectivity index (χ3n) is 6.06. The van der Waals surface area contributed by atoms with Crippen LogP contribution in [0.5, 0.6) is 0 Å². The van der Waals surface area contributed by atoms with Crippen molar-refractivity contribution in [2.75, 3.05) is 0 Å². The Balaban J connectivity index is 0.00000432. The molecule has 0 bridgehead atoms. The molecule has 3 rings (SSSR count). The van der Waals surface area contributed by atoms with E-state index in [1.807, 2.05) is 12.1 Å². The van der Waals surface area contributed by atoms with E-state index in [0.717, 1.165) is 17.7 Å². The normalized spacial score (nSPS) is 15.4. The Morgan fingerprint density at radius 3 is 2.00 bits per heavy atom. The zero-order valence-electron chi connectivity index (χ0n) is 19.5. The molecule has 0 aromatic heterocycles. The summed E-state index contributed by atoms with van der Waals surface area (Å²) in [6.45, 7) is 2.22. The van der Waals surface area contributed by atoms with E-state index in [0.29, 0.717) is 11.6 Å². The number of hydrogen-bond acceptors (Lipinski definition) is 5. The first-order valence-corrected chi connectivity index (χ1v) is 11.8. The van der Waals surface area contributed by atoms with E-state index >= 15 is 0 Å². The van der Waals surface area contributed by atoms with Gasteiger partial charge in [-0.3, -0.25) is 14.8 Å². The minimum absolute atomic E-state index is 0. The summed E-state index contributed by atoms with van der Waals surface area (Å²) >= 11 is 0. The van der Waals surface area contributed by atoms with Crippen LogP contribution in [0.3, 0.4) is 0 Å². The number of benzene rings is 2. The fraction of sp³-hybridized carbons (Fsp3) is 0.429. The number of aliphatic hydroxyl groups is 1. The van der Waals surface area contributed by atoms with Gasteiger partial charge in [0.25, 0.3) is 11.8 Å². The lowest BCUT2D eigenvalue weighted by molar-refractivity contribution is -0.133. The van der Waals surface area contributed by atoms with E-state index in [9.17, 15) is 14.7 Å². The van der Waals surface area contributed by atoms with Gasteiger partial charge in [0.1, 0.15) is 6.04 Å². The minimum atomic E-state index is -1.26. The average molecular weight is 480 g/mol. The van der Waals surface area contributed by atoms with Gasteiger partial charge in [0.15, 0.2) is 0 Å². The number of carbonyl (C=O) groups is 2. The van der Waals surface area contributed by atoms with Crippen molar-refractivity contribution >= 4 is 11.8 Å². The average Bonchev–Trinajstić information content (AvgIpc) is 3.14. The lowest BCUT2D eigenvalue weighted by Gasteiger charge is -2.19. The van der Waals surface area contributed by atoms with Gasteiger partial charge in [-0.15, -0.1) is 0 Å². The number of carbonyl (C=O) groups excluding carboxylic acids is 2. The van der Waals surface area contributed by atoms with Gasteiger partial charge in [-0.25, -0.2) is 5.48 Å². The van der Waals surface area contributed by atoms with Crippen molar-refractivity contribution in [3.8, 4) is 11.8 Å². The number of hydroxylamine groups is 1. The van der Waals surface area contributed by atoms with Crippen LogP contribution in [0.15, 0.2) is 48.5 Å². The number of aliphatic hydroxyl groups excluding tert-OH is 1. The van der Waals surface area contributed by atoms with E-state index < -0.39 is 24.0 Å². The zero-order chi connectivity index (χ0) is 24.3. The molecule has 1 aliphatic carbocycles. The lowest BCUT2D eigenvalue weighted by atomic mass is 10.1. The second-order valence-corrected chi connectivity index (χ2v) is 8.76. The number of nitrogens with one attached hydrogen (secondary N) is 3. The van der Waals surface area contributed by atoms with Crippen molar-refractivity contribution in [2.24, 2.45) is 0 Å². The molecule has 0 unspecified atom stereocenters. The molecule has 35 heavy (non-hydrogen) atoms. The van der Waals surface area contributed by atoms with Crippen LogP contribution in [0.1, 0.15) is 79.9 Å². The van der Waals surface area contributed by atoms with E-state index in [4.69, 9.17) is 5.21 Å². The van der Waals surface area contributed by atoms with E-state index in [-0.39, 0.29) is 7.43 Å². The van der Waals surface area contributed by atoms with Gasteiger partial charge in [0, 0.05) is 29.3 Å². The molecule has 0 heterocycles. The summed E-state index contributed by atoms with van der Waals surface area (Å²) in [5, 5.41) is 24.5. The molecule has 188 valence electrons. The molecular weight excluding hydrogens is 442 g/mol. The van der Waals surface area contributed by atoms with Crippen LogP contribution < -0.4 is 16.1 Å². The van der Waals surface area contributed by atoms with Gasteiger partial charge >= 0.3 is 0 Å². The van der Waals surface area contributed by atoms with Gasteiger partial charge in [0.2, 0.25) is 0 Å². The SMILES string of the molecule is C.C[C@@H](O)[C@H](NC(=O)c1ccc(C#Cc2ccc(CNC3CCCCCC3)cc2)cc1)C(=O)NO. The molecule has 7 nitrogen and oxygen atoms in total. The maximum Gasteiger partial charge on any atom is 0.268 e. The molecule has 0 saturated heterocycles. The molecule has 0 spiro atoms. The standard InChI is InChI=1S/C27H33N3O4.CH4/c1-19(31)25(27(33)30-34)29-26(32)23-16-14-21(15-17-23)9-8-20-10-12-22(13-11-20)18-28-24-6-4-2-3-5-7-24;/h10-17,19,24-25,28,31,34H,2-7,18H2,1H3,(H,29,32)(H,30,33);1H4/t19-,25+;/m1./s1. The third kappa shape index (κ3) is 8.84. The molecular formula is C28H37N3O4. The fourth-order valence-electron chi connectivity index (χ4n) is 4.00. The summed E-state index contributed by atoms with van der Waals surface area (Å²) in [6, 6.07) is 14.2. The molecule has 2 aromatic carbocycles. The Morgan fingerprint density at radius 1 is 0.943 bits per heavy atom. The van der Waals surface area contributed by atoms with Crippen LogP contribution in [0.25, 0.3) is 0 Å². The monoisotopic (exact) mass is 479 g/mol. The van der Waals surface area contributed by atoms with E-state index in [2.05, 4.69) is 34.6 Å². The Kier molecular flexibility index (Phi) is 11.4. The molecule has 1 saturated carbocycles. The molecule has 2 aromatic rings. The van der Waals surface area contributed by atoms with Gasteiger partial charge in [0.05, 0.1) is 6.10 Å². The molecule has 2 amide bonds. The van der Waals surface area contributed by atoms with E-state index in [1.165, 1.54) is 56.5 Å². The minimum Gasteiger partial charge on any atom is -0.391 e. The fourth-order valence-corrected chi connectivity index (χ4v) is 4.00. The summed E-state index contributed by atoms with van der Waals surface area (Å²) in [7, 11) is 0. The number of amides is 2. The van der Waals surface area contributed by atoms with Crippen molar-refractivity contribution in [1.82, 2.24) is 16.1 Å². The largest absolute Gasteiger partial charge is 0.391 e. The molecule has 2 atom stereocenters. The maximum atomic E-state index is 12.3. The molecule has 1 fully saturated rings. The second-order valence-electron chi connectivity index (χ2n) is 8.76. The first-order valence-electron chi connectivity index (χ1n) is 11.8. The summed E-state index contributed by atoms with van der Waals surface area (Å²) in [6.07, 6.45) is 6.72. The smallest absolute Gasteiger partial charge is 0.268 e. The highest BCUT2D eigenvalue weighted by Gasteiger charge is 2.25. The van der Waals surface area contributed by atoms with Gasteiger partial charge in [-0.1, -0.05) is 57.1 Å². The maximum absolute atomic E-state index is 12.3. The quantitative estimate of drug-likeness (QED) is 0.181. The highest BCUT2D eigenvalue weighted by atomic mass is 16.5. The van der Waals surface area contributed by atoms with Gasteiger partial charge < -0.3 is 15.7 Å². The predicted octanol–water partition coefficient (Wildman–Crippen LogP) is 3.52. The van der Waals surface area contributed by atoms with Gasteiger partial charge in [-0.05, 0) is 61.7 Å². The summed E-state index contributed by atoms with van der Waals surface area (Å²) in [4.78, 5) is 23.9. The van der Waals surface area contributed by atoms with Crippen LogP contribution in [0.2, 0.25) is 0 Å². The molecule has 5 N–H and O–H groups in total. The Labute approximate surface area is 208 Å². The molecule has 0 aliphatic heterocycles. The summed E-state index contributed by atoms with van der Waals surface area (Å²) in [5.41, 5.74) is 4.65. The Bertz CT molecular complexity index is 999. The van der Waals surface area contributed by atoms with Crippen molar-refractivity contribution < 1.29 is 19.9 Å². The Hall–Kier alpha value is -3.18. The van der Waals surface area contributed by atoms with Crippen molar-refractivity contribution in [1.29, 1.82) is 0 Å². The topological polar surface area (TPSA) is 111 Å². The second kappa shape index (κ2) is 14.3. The molecule has 7 heteroatoms. The van der Waals surface area contributed by atoms with Crippen molar-refractivity contribution in [2.45, 2.75) is 77.6 Å². The first-order chi connectivity index (χ1) is 16.5. The zero-order valence-corrected chi connectivity index (χ0v) is 19.5. The van der Waals surface area contributed by atoms with Crippen LogP contribution in [-0.2, 0) is 11.3 Å².